The maximum absolute atomic E-state index is 15.5. The van der Waals surface area contributed by atoms with Gasteiger partial charge in [0.1, 0.15) is 29.3 Å². The van der Waals surface area contributed by atoms with Crippen LogP contribution < -0.4 is 16.4 Å². The van der Waals surface area contributed by atoms with E-state index < -0.39 is 17.7 Å². The topological polar surface area (TPSA) is 123 Å². The number of aromatic nitrogens is 4. The van der Waals surface area contributed by atoms with Crippen LogP contribution in [0.25, 0.3) is 16.6 Å². The van der Waals surface area contributed by atoms with Gasteiger partial charge in [-0.1, -0.05) is 20.8 Å². The van der Waals surface area contributed by atoms with Crippen LogP contribution in [0.1, 0.15) is 38.4 Å². The third kappa shape index (κ3) is 5.87. The highest BCUT2D eigenvalue weighted by atomic mass is 19.1. The van der Waals surface area contributed by atoms with Gasteiger partial charge in [0.25, 0.3) is 0 Å². The van der Waals surface area contributed by atoms with Gasteiger partial charge in [-0.05, 0) is 41.7 Å². The number of nitrogens with two attached hydrogens (primary N) is 1. The van der Waals surface area contributed by atoms with Crippen molar-refractivity contribution in [1.29, 1.82) is 0 Å². The van der Waals surface area contributed by atoms with Crippen LogP contribution in [0.5, 0.6) is 0 Å². The third-order valence-corrected chi connectivity index (χ3v) is 6.82. The molecule has 0 unspecified atom stereocenters. The molecule has 12 heteroatoms. The summed E-state index contributed by atoms with van der Waals surface area (Å²) in [6.45, 7) is 9.53. The molecule has 3 aromatic heterocycles. The first-order valence-electron chi connectivity index (χ1n) is 13.1. The Labute approximate surface area is 230 Å². The van der Waals surface area contributed by atoms with E-state index in [-0.39, 0.29) is 22.5 Å². The predicted octanol–water partition coefficient (Wildman–Crippen LogP) is 4.82. The van der Waals surface area contributed by atoms with Crippen molar-refractivity contribution in [1.82, 2.24) is 24.5 Å². The van der Waals surface area contributed by atoms with Crippen LogP contribution in [-0.4, -0.2) is 56.8 Å². The maximum Gasteiger partial charge on any atom is 0.324 e. The molecule has 5 rings (SSSR count). The van der Waals surface area contributed by atoms with Crippen molar-refractivity contribution < 1.29 is 18.3 Å². The molecule has 40 heavy (non-hydrogen) atoms. The zero-order chi connectivity index (χ0) is 28.4. The van der Waals surface area contributed by atoms with Gasteiger partial charge in [0, 0.05) is 49.6 Å². The second-order valence-electron chi connectivity index (χ2n) is 10.8. The summed E-state index contributed by atoms with van der Waals surface area (Å²) in [6, 6.07) is 6.57. The number of nitrogen functional groups attached to an aromatic ring is 1. The number of hydrogen-bond donors (Lipinski definition) is 3. The summed E-state index contributed by atoms with van der Waals surface area (Å²) in [5.41, 5.74) is 8.13. The molecule has 4 aromatic rings. The minimum Gasteiger partial charge on any atom is -0.382 e. The highest BCUT2D eigenvalue weighted by Crippen LogP contribution is 2.35. The number of hydrogen-bond acceptors (Lipinski definition) is 7. The number of amides is 2. The molecule has 0 spiro atoms. The molecule has 0 radical (unpaired) electrons. The van der Waals surface area contributed by atoms with Crippen LogP contribution in [0, 0.1) is 11.6 Å². The number of urea groups is 1. The Kier molecular flexibility index (Phi) is 7.63. The zero-order valence-corrected chi connectivity index (χ0v) is 22.7. The first-order chi connectivity index (χ1) is 19.1. The quantitative estimate of drug-likeness (QED) is 0.326. The number of carbonyl (C=O) groups is 1. The molecule has 4 N–H and O–H groups in total. The highest BCUT2D eigenvalue weighted by Gasteiger charge is 2.22. The van der Waals surface area contributed by atoms with Crippen molar-refractivity contribution in [2.75, 3.05) is 42.7 Å². The van der Waals surface area contributed by atoms with Crippen molar-refractivity contribution in [3.05, 3.63) is 65.7 Å². The Morgan fingerprint density at radius 3 is 2.67 bits per heavy atom. The van der Waals surface area contributed by atoms with Crippen LogP contribution in [0.3, 0.4) is 0 Å². The Bertz CT molecular complexity index is 1540. The summed E-state index contributed by atoms with van der Waals surface area (Å²) < 4.78 is 37.9. The second-order valence-corrected chi connectivity index (χ2v) is 10.8. The van der Waals surface area contributed by atoms with Gasteiger partial charge in [-0.3, -0.25) is 10.2 Å². The number of anilines is 3. The fourth-order valence-electron chi connectivity index (χ4n) is 4.72. The van der Waals surface area contributed by atoms with Gasteiger partial charge in [-0.25, -0.2) is 28.1 Å². The van der Waals surface area contributed by atoms with E-state index in [1.165, 1.54) is 6.33 Å². The predicted molar refractivity (Wildman–Crippen MR) is 149 cm³/mol. The molecule has 1 aliphatic heterocycles. The molecule has 10 nitrogen and oxygen atoms in total. The van der Waals surface area contributed by atoms with Crippen LogP contribution in [-0.2, 0) is 16.7 Å². The molecule has 4 heterocycles. The van der Waals surface area contributed by atoms with Gasteiger partial charge in [0.05, 0.1) is 18.0 Å². The summed E-state index contributed by atoms with van der Waals surface area (Å²) in [5.74, 6) is -1.12. The van der Waals surface area contributed by atoms with E-state index in [1.807, 2.05) is 26.8 Å². The number of fused-ring (bicyclic) bond motifs is 1. The molecule has 2 amide bonds. The van der Waals surface area contributed by atoms with Gasteiger partial charge in [0.2, 0.25) is 0 Å². The Morgan fingerprint density at radius 1 is 1.05 bits per heavy atom. The van der Waals surface area contributed by atoms with E-state index in [9.17, 15) is 4.79 Å². The number of carbonyl (C=O) groups excluding carboxylic acids is 1. The van der Waals surface area contributed by atoms with Crippen molar-refractivity contribution in [3.8, 4) is 11.1 Å². The molecular formula is C28H32F2N8O2. The van der Waals surface area contributed by atoms with E-state index in [0.29, 0.717) is 36.7 Å². The van der Waals surface area contributed by atoms with Crippen molar-refractivity contribution >= 4 is 28.9 Å². The minimum absolute atomic E-state index is 0.0209. The number of ether oxygens (including phenoxy) is 1. The largest absolute Gasteiger partial charge is 0.382 e. The Morgan fingerprint density at radius 2 is 1.88 bits per heavy atom. The number of rotatable bonds is 5. The number of nitrogens with zero attached hydrogens (tertiary/aromatic N) is 5. The third-order valence-electron chi connectivity index (χ3n) is 6.82. The van der Waals surface area contributed by atoms with Crippen molar-refractivity contribution in [2.24, 2.45) is 0 Å². The maximum atomic E-state index is 15.5. The monoisotopic (exact) mass is 550 g/mol. The summed E-state index contributed by atoms with van der Waals surface area (Å²) in [5, 5.41) is 9.27. The van der Waals surface area contributed by atoms with E-state index in [4.69, 9.17) is 10.5 Å². The average molecular weight is 551 g/mol. The number of halogens is 2. The SMILES string of the molecule is CC(C)(C)c1ccnc(NC(=O)Nc2cc(F)c(-c3cc(CN4CCCOCC4)n4ncnc(N)c34)cc2F)c1. The Balaban J connectivity index is 1.41. The summed E-state index contributed by atoms with van der Waals surface area (Å²) >= 11 is 0. The lowest BCUT2D eigenvalue weighted by molar-refractivity contribution is 0.140. The summed E-state index contributed by atoms with van der Waals surface area (Å²) in [4.78, 5) is 23.0. The first-order valence-corrected chi connectivity index (χ1v) is 13.1. The molecule has 0 saturated carbocycles. The standard InChI is InChI=1S/C28H32F2N8O2/c1-28(2,3)17-5-6-32-24(11-17)36-27(39)35-23-14-21(29)19(13-22(23)30)20-12-18(15-37-7-4-9-40-10-8-37)38-25(20)26(31)33-16-34-38/h5-6,11-14,16H,4,7-10,15H2,1-3H3,(H2,31,33,34)(H2,32,35,36,39). The molecule has 1 aliphatic rings. The van der Waals surface area contributed by atoms with Gasteiger partial charge in [-0.15, -0.1) is 0 Å². The lowest BCUT2D eigenvalue weighted by Crippen LogP contribution is -2.26. The number of benzene rings is 1. The molecule has 1 saturated heterocycles. The molecule has 210 valence electrons. The zero-order valence-electron chi connectivity index (χ0n) is 22.7. The first kappa shape index (κ1) is 27.4. The van der Waals surface area contributed by atoms with Gasteiger partial charge in [0.15, 0.2) is 5.82 Å². The molecular weight excluding hydrogens is 518 g/mol. The van der Waals surface area contributed by atoms with E-state index >= 15 is 8.78 Å². The smallest absolute Gasteiger partial charge is 0.324 e. The minimum atomic E-state index is -0.816. The number of pyridine rings is 1. The molecule has 0 aliphatic carbocycles. The Hall–Kier alpha value is -4.16. The van der Waals surface area contributed by atoms with Crippen LogP contribution in [0.4, 0.5) is 30.9 Å². The van der Waals surface area contributed by atoms with Crippen molar-refractivity contribution in [2.45, 2.75) is 39.2 Å². The van der Waals surface area contributed by atoms with E-state index in [2.05, 4.69) is 30.6 Å². The molecule has 0 atom stereocenters. The molecule has 1 fully saturated rings. The van der Waals surface area contributed by atoms with Crippen LogP contribution >= 0.6 is 0 Å². The fourth-order valence-corrected chi connectivity index (χ4v) is 4.72. The second kappa shape index (κ2) is 11.1. The normalized spacial score (nSPS) is 14.7. The van der Waals surface area contributed by atoms with Gasteiger partial charge >= 0.3 is 6.03 Å². The van der Waals surface area contributed by atoms with Gasteiger partial charge < -0.3 is 15.8 Å². The van der Waals surface area contributed by atoms with Crippen LogP contribution in [0.15, 0.2) is 42.9 Å². The molecule has 0 bridgehead atoms. The fraction of sp³-hybridized carbons (Fsp3) is 0.357. The van der Waals surface area contributed by atoms with E-state index in [1.54, 1.807) is 22.8 Å². The summed E-state index contributed by atoms with van der Waals surface area (Å²) in [7, 11) is 0. The van der Waals surface area contributed by atoms with Crippen molar-refractivity contribution in [3.63, 3.8) is 0 Å². The molecule has 1 aromatic carbocycles. The van der Waals surface area contributed by atoms with Gasteiger partial charge in [-0.2, -0.15) is 5.10 Å². The van der Waals surface area contributed by atoms with E-state index in [0.717, 1.165) is 42.9 Å². The number of nitrogens with one attached hydrogen (secondary N) is 2. The highest BCUT2D eigenvalue weighted by molar-refractivity contribution is 5.99. The lowest BCUT2D eigenvalue weighted by atomic mass is 9.88. The average Bonchev–Trinajstić information content (AvgIpc) is 3.06. The van der Waals surface area contributed by atoms with Crippen LogP contribution in [0.2, 0.25) is 0 Å². The lowest BCUT2D eigenvalue weighted by Gasteiger charge is -2.19. The summed E-state index contributed by atoms with van der Waals surface area (Å²) in [6.07, 6.45) is 3.81.